The average molecular weight is 360 g/mol. The molecule has 1 N–H and O–H groups in total. The van der Waals surface area contributed by atoms with Crippen LogP contribution in [0.2, 0.25) is 0 Å². The summed E-state index contributed by atoms with van der Waals surface area (Å²) in [6.45, 7) is 0.562. The maximum absolute atomic E-state index is 12.5. The summed E-state index contributed by atoms with van der Waals surface area (Å²) >= 11 is 0. The summed E-state index contributed by atoms with van der Waals surface area (Å²) in [5, 5.41) is 15.7. The van der Waals surface area contributed by atoms with E-state index in [0.29, 0.717) is 12.2 Å². The molecule has 0 radical (unpaired) electrons. The molecule has 4 aromatic rings. The summed E-state index contributed by atoms with van der Waals surface area (Å²) in [5.41, 5.74) is 3.16. The molecular weight excluding hydrogens is 340 g/mol. The number of aromatic nitrogens is 5. The third-order valence-corrected chi connectivity index (χ3v) is 4.43. The molecule has 7 heteroatoms. The third kappa shape index (κ3) is 3.57. The fourth-order valence-corrected chi connectivity index (χ4v) is 3.03. The van der Waals surface area contributed by atoms with Crippen LogP contribution in [0.3, 0.4) is 0 Å². The van der Waals surface area contributed by atoms with Crippen LogP contribution in [0.5, 0.6) is 0 Å². The van der Waals surface area contributed by atoms with Gasteiger partial charge in [-0.3, -0.25) is 13.9 Å². The minimum absolute atomic E-state index is 0.127. The summed E-state index contributed by atoms with van der Waals surface area (Å²) in [5.74, 6) is 0.769. The Hall–Kier alpha value is -3.48. The summed E-state index contributed by atoms with van der Waals surface area (Å²) in [4.78, 5) is 12.5. The highest BCUT2D eigenvalue weighted by atomic mass is 16.2. The number of carbonyl (C=O) groups excluding carboxylic acids is 1. The van der Waals surface area contributed by atoms with Crippen molar-refractivity contribution in [1.29, 1.82) is 0 Å². The molecule has 136 valence electrons. The molecule has 0 aliphatic heterocycles. The number of benzene rings is 1. The van der Waals surface area contributed by atoms with Gasteiger partial charge in [-0.2, -0.15) is 5.10 Å². The highest BCUT2D eigenvalue weighted by molar-refractivity contribution is 5.93. The number of hydrogen-bond acceptors (Lipinski definition) is 4. The molecule has 0 spiro atoms. The zero-order valence-corrected chi connectivity index (χ0v) is 15.0. The zero-order valence-electron chi connectivity index (χ0n) is 15.0. The molecule has 0 bridgehead atoms. The Morgan fingerprint density at radius 3 is 2.74 bits per heavy atom. The van der Waals surface area contributed by atoms with E-state index in [-0.39, 0.29) is 5.91 Å². The number of carbonyl (C=O) groups is 1. The minimum atomic E-state index is -0.127. The minimum Gasteiger partial charge on any atom is -0.351 e. The van der Waals surface area contributed by atoms with Crippen LogP contribution >= 0.6 is 0 Å². The number of hydrogen-bond donors (Lipinski definition) is 1. The van der Waals surface area contributed by atoms with Crippen molar-refractivity contribution in [2.45, 2.75) is 12.8 Å². The van der Waals surface area contributed by atoms with Crippen molar-refractivity contribution in [2.75, 3.05) is 6.54 Å². The number of aryl methyl sites for hydroxylation is 2. The van der Waals surface area contributed by atoms with Crippen molar-refractivity contribution in [3.63, 3.8) is 0 Å². The Morgan fingerprint density at radius 2 is 1.89 bits per heavy atom. The smallest absolute Gasteiger partial charge is 0.269 e. The van der Waals surface area contributed by atoms with Crippen molar-refractivity contribution in [1.82, 2.24) is 29.7 Å². The van der Waals surface area contributed by atoms with Crippen LogP contribution in [0.1, 0.15) is 22.7 Å². The molecule has 4 rings (SSSR count). The molecule has 0 atom stereocenters. The Kier molecular flexibility index (Phi) is 4.65. The van der Waals surface area contributed by atoms with Gasteiger partial charge in [-0.05, 0) is 24.6 Å². The van der Waals surface area contributed by atoms with Crippen molar-refractivity contribution in [3.05, 3.63) is 72.3 Å². The second-order valence-electron chi connectivity index (χ2n) is 6.31. The number of fused-ring (bicyclic) bond motifs is 1. The molecular formula is C20H20N6O. The Morgan fingerprint density at radius 1 is 1.07 bits per heavy atom. The van der Waals surface area contributed by atoms with Gasteiger partial charge in [0.15, 0.2) is 5.65 Å². The van der Waals surface area contributed by atoms with Gasteiger partial charge in [-0.15, -0.1) is 10.2 Å². The lowest BCUT2D eigenvalue weighted by Crippen LogP contribution is -2.26. The second-order valence-corrected chi connectivity index (χ2v) is 6.31. The van der Waals surface area contributed by atoms with Crippen molar-refractivity contribution in [3.8, 4) is 11.3 Å². The Bertz CT molecular complexity index is 1070. The topological polar surface area (TPSA) is 77.1 Å². The van der Waals surface area contributed by atoms with Crippen LogP contribution in [-0.2, 0) is 13.5 Å². The third-order valence-electron chi connectivity index (χ3n) is 4.43. The summed E-state index contributed by atoms with van der Waals surface area (Å²) < 4.78 is 3.58. The van der Waals surface area contributed by atoms with Gasteiger partial charge in [-0.1, -0.05) is 36.4 Å². The molecule has 0 aliphatic rings. The molecule has 3 aromatic heterocycles. The van der Waals surface area contributed by atoms with Gasteiger partial charge in [0.1, 0.15) is 11.5 Å². The van der Waals surface area contributed by atoms with E-state index in [4.69, 9.17) is 0 Å². The van der Waals surface area contributed by atoms with E-state index in [9.17, 15) is 4.79 Å². The van der Waals surface area contributed by atoms with E-state index in [0.717, 1.165) is 35.6 Å². The maximum Gasteiger partial charge on any atom is 0.269 e. The Balaban J connectivity index is 1.35. The summed E-state index contributed by atoms with van der Waals surface area (Å²) in [7, 11) is 1.78. The number of pyridine rings is 1. The molecule has 0 fully saturated rings. The second kappa shape index (κ2) is 7.41. The fourth-order valence-electron chi connectivity index (χ4n) is 3.03. The lowest BCUT2D eigenvalue weighted by Gasteiger charge is -2.04. The molecule has 1 aromatic carbocycles. The first kappa shape index (κ1) is 17.0. The molecule has 0 unspecified atom stereocenters. The predicted octanol–water partition coefficient (Wildman–Crippen LogP) is 2.49. The lowest BCUT2D eigenvalue weighted by atomic mass is 10.1. The summed E-state index contributed by atoms with van der Waals surface area (Å²) in [6, 6.07) is 17.5. The zero-order chi connectivity index (χ0) is 18.6. The number of nitrogens with zero attached hydrogens (tertiary/aromatic N) is 5. The SMILES string of the molecule is Cn1nc(-c2ccccc2)cc1C(=O)NCCCc1nnc2ccccn12. The summed E-state index contributed by atoms with van der Waals surface area (Å²) in [6.07, 6.45) is 3.47. The average Bonchev–Trinajstić information content (AvgIpc) is 3.29. The molecule has 7 nitrogen and oxygen atoms in total. The lowest BCUT2D eigenvalue weighted by molar-refractivity contribution is 0.0943. The predicted molar refractivity (Wildman–Crippen MR) is 102 cm³/mol. The van der Waals surface area contributed by atoms with Crippen LogP contribution in [0, 0.1) is 0 Å². The van der Waals surface area contributed by atoms with Crippen LogP contribution in [0.25, 0.3) is 16.9 Å². The normalized spacial score (nSPS) is 11.0. The van der Waals surface area contributed by atoms with E-state index in [1.807, 2.05) is 65.2 Å². The van der Waals surface area contributed by atoms with Gasteiger partial charge in [-0.25, -0.2) is 0 Å². The highest BCUT2D eigenvalue weighted by Crippen LogP contribution is 2.18. The van der Waals surface area contributed by atoms with E-state index in [1.54, 1.807) is 11.7 Å². The van der Waals surface area contributed by atoms with Gasteiger partial charge in [0.2, 0.25) is 0 Å². The van der Waals surface area contributed by atoms with Crippen LogP contribution in [0.15, 0.2) is 60.8 Å². The van der Waals surface area contributed by atoms with E-state index < -0.39 is 0 Å². The molecule has 1 amide bonds. The van der Waals surface area contributed by atoms with Crippen molar-refractivity contribution in [2.24, 2.45) is 7.05 Å². The Labute approximate surface area is 156 Å². The first-order valence-corrected chi connectivity index (χ1v) is 8.88. The quantitative estimate of drug-likeness (QED) is 0.536. The van der Waals surface area contributed by atoms with Gasteiger partial charge in [0.25, 0.3) is 5.91 Å². The standard InChI is InChI=1S/C20H20N6O/c1-25-17(14-16(24-25)15-8-3-2-4-9-15)20(27)21-12-7-11-19-23-22-18-10-5-6-13-26(18)19/h2-6,8-10,13-14H,7,11-12H2,1H3,(H,21,27). The van der Waals surface area contributed by atoms with Gasteiger partial charge in [0, 0.05) is 31.8 Å². The first-order chi connectivity index (χ1) is 13.2. The van der Waals surface area contributed by atoms with Crippen molar-refractivity contribution >= 4 is 11.6 Å². The monoisotopic (exact) mass is 360 g/mol. The van der Waals surface area contributed by atoms with Crippen molar-refractivity contribution < 1.29 is 4.79 Å². The molecule has 0 aliphatic carbocycles. The fraction of sp³-hybridized carbons (Fsp3) is 0.200. The van der Waals surface area contributed by atoms with Crippen LogP contribution in [0.4, 0.5) is 0 Å². The molecule has 27 heavy (non-hydrogen) atoms. The van der Waals surface area contributed by atoms with E-state index in [2.05, 4.69) is 20.6 Å². The highest BCUT2D eigenvalue weighted by Gasteiger charge is 2.14. The maximum atomic E-state index is 12.5. The van der Waals surface area contributed by atoms with Gasteiger partial charge >= 0.3 is 0 Å². The molecule has 0 saturated heterocycles. The van der Waals surface area contributed by atoms with Crippen LogP contribution in [-0.4, -0.2) is 36.8 Å². The first-order valence-electron chi connectivity index (χ1n) is 8.88. The number of nitrogens with one attached hydrogen (secondary N) is 1. The number of amides is 1. The van der Waals surface area contributed by atoms with Gasteiger partial charge in [0.05, 0.1) is 5.69 Å². The number of rotatable bonds is 6. The van der Waals surface area contributed by atoms with E-state index in [1.165, 1.54) is 0 Å². The van der Waals surface area contributed by atoms with Gasteiger partial charge < -0.3 is 5.32 Å². The molecule has 3 heterocycles. The molecule has 0 saturated carbocycles. The largest absolute Gasteiger partial charge is 0.351 e. The van der Waals surface area contributed by atoms with Crippen LogP contribution < -0.4 is 5.32 Å². The van der Waals surface area contributed by atoms with E-state index >= 15 is 0 Å².